The van der Waals surface area contributed by atoms with Gasteiger partial charge in [0.25, 0.3) is 0 Å². The van der Waals surface area contributed by atoms with Crippen LogP contribution in [0.3, 0.4) is 0 Å². The molecule has 0 amide bonds. The van der Waals surface area contributed by atoms with Crippen molar-refractivity contribution in [2.45, 2.75) is 19.3 Å². The van der Waals surface area contributed by atoms with Gasteiger partial charge in [0.2, 0.25) is 0 Å². The first kappa shape index (κ1) is 18.5. The van der Waals surface area contributed by atoms with Gasteiger partial charge in [-0.15, -0.1) is 0 Å². The van der Waals surface area contributed by atoms with E-state index in [-0.39, 0.29) is 0 Å². The minimum Gasteiger partial charge on any atom is -0.497 e. The Morgan fingerprint density at radius 3 is 2.57 bits per heavy atom. The Balaban J connectivity index is 1.49. The first-order valence-corrected chi connectivity index (χ1v) is 9.48. The summed E-state index contributed by atoms with van der Waals surface area (Å²) in [5.41, 5.74) is 5.47. The average molecular weight is 375 g/mol. The highest BCUT2D eigenvalue weighted by molar-refractivity contribution is 5.65. The topological polar surface area (TPSA) is 41.9 Å². The molecule has 1 aliphatic rings. The molecule has 0 unspecified atom stereocenters. The Kier molecular flexibility index (Phi) is 5.33. The van der Waals surface area contributed by atoms with Gasteiger partial charge in [-0.05, 0) is 65.2 Å². The predicted molar refractivity (Wildman–Crippen MR) is 110 cm³/mol. The number of methoxy groups -OCH3 is 1. The fourth-order valence-corrected chi connectivity index (χ4v) is 3.68. The minimum absolute atomic E-state index is 0.464. The van der Waals surface area contributed by atoms with E-state index in [1.807, 2.05) is 43.4 Å². The van der Waals surface area contributed by atoms with E-state index < -0.39 is 6.10 Å². The molecule has 0 fully saturated rings. The third kappa shape index (κ3) is 4.03. The number of hydrogen-bond acceptors (Lipinski definition) is 4. The summed E-state index contributed by atoms with van der Waals surface area (Å²) < 4.78 is 11.3. The molecule has 1 N–H and O–H groups in total. The maximum absolute atomic E-state index is 10.3. The third-order valence-electron chi connectivity index (χ3n) is 5.14. The van der Waals surface area contributed by atoms with Crippen LogP contribution in [-0.4, -0.2) is 30.7 Å². The van der Waals surface area contributed by atoms with E-state index in [0.717, 1.165) is 45.9 Å². The van der Waals surface area contributed by atoms with Gasteiger partial charge in [-0.2, -0.15) is 0 Å². The highest BCUT2D eigenvalue weighted by Crippen LogP contribution is 2.30. The van der Waals surface area contributed by atoms with Gasteiger partial charge >= 0.3 is 0 Å². The van der Waals surface area contributed by atoms with Crippen molar-refractivity contribution in [3.63, 3.8) is 0 Å². The van der Waals surface area contributed by atoms with Gasteiger partial charge in [-0.3, -0.25) is 4.90 Å². The van der Waals surface area contributed by atoms with Crippen LogP contribution in [0.15, 0.2) is 66.7 Å². The minimum atomic E-state index is -0.464. The molecule has 144 valence electrons. The number of benzene rings is 3. The number of hydrogen-bond donors (Lipinski definition) is 1. The number of likely N-dealkylation sites (N-methyl/N-ethyl adjacent to an activating group) is 1. The average Bonchev–Trinajstić information content (AvgIpc) is 2.72. The third-order valence-corrected chi connectivity index (χ3v) is 5.14. The number of β-amino-alcohol motifs (C(OH)–C–C–N with tert-alkyl or cyclic N) is 1. The number of nitrogens with zero attached hydrogens (tertiary/aromatic N) is 1. The number of fused-ring (bicyclic) bond motifs is 1. The second-order valence-electron chi connectivity index (χ2n) is 7.29. The van der Waals surface area contributed by atoms with Crippen LogP contribution in [0.5, 0.6) is 11.5 Å². The molecule has 0 spiro atoms. The van der Waals surface area contributed by atoms with Gasteiger partial charge in [-0.25, -0.2) is 0 Å². The van der Waals surface area contributed by atoms with Gasteiger partial charge in [0.05, 0.1) is 13.2 Å². The second kappa shape index (κ2) is 8.05. The number of aliphatic hydroxyl groups is 1. The van der Waals surface area contributed by atoms with E-state index in [1.54, 1.807) is 7.11 Å². The molecule has 4 nitrogen and oxygen atoms in total. The lowest BCUT2D eigenvalue weighted by Gasteiger charge is -2.29. The summed E-state index contributed by atoms with van der Waals surface area (Å²) in [6.45, 7) is 1.99. The van der Waals surface area contributed by atoms with Crippen LogP contribution in [0, 0.1) is 0 Å². The van der Waals surface area contributed by atoms with Crippen LogP contribution < -0.4 is 9.47 Å². The number of aliphatic hydroxyl groups excluding tert-OH is 1. The van der Waals surface area contributed by atoms with Gasteiger partial charge in [0, 0.05) is 13.1 Å². The lowest BCUT2D eigenvalue weighted by molar-refractivity contribution is 0.107. The van der Waals surface area contributed by atoms with Crippen molar-refractivity contribution in [2.24, 2.45) is 0 Å². The first-order chi connectivity index (χ1) is 13.6. The maximum Gasteiger partial charge on any atom is 0.120 e. The zero-order chi connectivity index (χ0) is 19.5. The van der Waals surface area contributed by atoms with Gasteiger partial charge in [-0.1, -0.05) is 36.4 Å². The van der Waals surface area contributed by atoms with Crippen LogP contribution in [-0.2, 0) is 13.2 Å². The van der Waals surface area contributed by atoms with Crippen molar-refractivity contribution in [1.29, 1.82) is 0 Å². The molecule has 0 saturated heterocycles. The predicted octanol–water partition coefficient (Wildman–Crippen LogP) is 4.42. The summed E-state index contributed by atoms with van der Waals surface area (Å²) in [6, 6.07) is 22.4. The SMILES string of the molecule is COc1cccc(-c2cccc(COc3ccc4c(c3)[C@@H](O)CN(C)C4)c2)c1. The highest BCUT2D eigenvalue weighted by atomic mass is 16.5. The number of rotatable bonds is 5. The highest BCUT2D eigenvalue weighted by Gasteiger charge is 2.21. The Bertz CT molecular complexity index is 970. The van der Waals surface area contributed by atoms with E-state index in [4.69, 9.17) is 9.47 Å². The maximum atomic E-state index is 10.3. The molecular formula is C24H25NO3. The summed E-state index contributed by atoms with van der Waals surface area (Å²) in [4.78, 5) is 2.12. The van der Waals surface area contributed by atoms with Crippen molar-refractivity contribution in [1.82, 2.24) is 4.90 Å². The second-order valence-corrected chi connectivity index (χ2v) is 7.29. The van der Waals surface area contributed by atoms with E-state index in [2.05, 4.69) is 35.2 Å². The van der Waals surface area contributed by atoms with E-state index in [0.29, 0.717) is 13.2 Å². The summed E-state index contributed by atoms with van der Waals surface area (Å²) in [7, 11) is 3.70. The van der Waals surface area contributed by atoms with Crippen LogP contribution >= 0.6 is 0 Å². The molecule has 1 atom stereocenters. The zero-order valence-electron chi connectivity index (χ0n) is 16.3. The van der Waals surface area contributed by atoms with E-state index >= 15 is 0 Å². The Hall–Kier alpha value is -2.82. The van der Waals surface area contributed by atoms with Crippen LogP contribution in [0.4, 0.5) is 0 Å². The molecule has 0 saturated carbocycles. The van der Waals surface area contributed by atoms with Crippen LogP contribution in [0.2, 0.25) is 0 Å². The molecule has 0 bridgehead atoms. The lowest BCUT2D eigenvalue weighted by Crippen LogP contribution is -2.30. The summed E-state index contributed by atoms with van der Waals surface area (Å²) in [5.74, 6) is 1.63. The number of ether oxygens (including phenoxy) is 2. The van der Waals surface area contributed by atoms with Crippen LogP contribution in [0.25, 0.3) is 11.1 Å². The van der Waals surface area contributed by atoms with Crippen molar-refractivity contribution >= 4 is 0 Å². The summed E-state index contributed by atoms with van der Waals surface area (Å²) in [6.07, 6.45) is -0.464. The molecule has 3 aromatic carbocycles. The van der Waals surface area contributed by atoms with Crippen LogP contribution in [0.1, 0.15) is 22.8 Å². The molecule has 1 aliphatic heterocycles. The molecular weight excluding hydrogens is 350 g/mol. The van der Waals surface area contributed by atoms with Gasteiger partial charge in [0.1, 0.15) is 18.1 Å². The van der Waals surface area contributed by atoms with Crippen molar-refractivity contribution in [3.05, 3.63) is 83.4 Å². The Labute approximate surface area is 166 Å². The normalized spacial score (nSPS) is 16.5. The Morgan fingerprint density at radius 2 is 1.75 bits per heavy atom. The fraction of sp³-hybridized carbons (Fsp3) is 0.250. The molecule has 4 heteroatoms. The smallest absolute Gasteiger partial charge is 0.120 e. The monoisotopic (exact) mass is 375 g/mol. The van der Waals surface area contributed by atoms with Gasteiger partial charge in [0.15, 0.2) is 0 Å². The summed E-state index contributed by atoms with van der Waals surface area (Å²) in [5, 5.41) is 10.3. The van der Waals surface area contributed by atoms with Crippen molar-refractivity contribution in [3.8, 4) is 22.6 Å². The fourth-order valence-electron chi connectivity index (χ4n) is 3.68. The summed E-state index contributed by atoms with van der Waals surface area (Å²) >= 11 is 0. The van der Waals surface area contributed by atoms with Crippen molar-refractivity contribution < 1.29 is 14.6 Å². The standard InChI is InChI=1S/C24H25NO3/c1-25-14-20-9-10-22(13-23(20)24(26)15-25)28-16-17-5-3-6-18(11-17)19-7-4-8-21(12-19)27-2/h3-13,24,26H,14-16H2,1-2H3/t24-/m0/s1. The van der Waals surface area contributed by atoms with E-state index in [9.17, 15) is 5.11 Å². The molecule has 28 heavy (non-hydrogen) atoms. The quantitative estimate of drug-likeness (QED) is 0.717. The molecule has 0 aromatic heterocycles. The Morgan fingerprint density at radius 1 is 0.964 bits per heavy atom. The first-order valence-electron chi connectivity index (χ1n) is 9.48. The largest absolute Gasteiger partial charge is 0.497 e. The molecule has 0 radical (unpaired) electrons. The zero-order valence-corrected chi connectivity index (χ0v) is 16.3. The molecule has 4 rings (SSSR count). The molecule has 0 aliphatic carbocycles. The molecule has 3 aromatic rings. The van der Waals surface area contributed by atoms with Crippen molar-refractivity contribution in [2.75, 3.05) is 20.7 Å². The van der Waals surface area contributed by atoms with Gasteiger partial charge < -0.3 is 14.6 Å². The lowest BCUT2D eigenvalue weighted by atomic mass is 9.97. The van der Waals surface area contributed by atoms with E-state index in [1.165, 1.54) is 0 Å². The molecule has 1 heterocycles.